The summed E-state index contributed by atoms with van der Waals surface area (Å²) in [5.41, 5.74) is -0.650. The van der Waals surface area contributed by atoms with Gasteiger partial charge in [0.05, 0.1) is 10.4 Å². The number of aromatic amines is 1. The Morgan fingerprint density at radius 2 is 2.32 bits per heavy atom. The third-order valence-electron chi connectivity index (χ3n) is 3.06. The first-order valence-electron chi connectivity index (χ1n) is 5.99. The minimum Gasteiger partial charge on any atom is -0.477 e. The minimum absolute atomic E-state index is 0.139. The van der Waals surface area contributed by atoms with Crippen molar-refractivity contribution in [3.05, 3.63) is 26.4 Å². The van der Waals surface area contributed by atoms with E-state index in [0.29, 0.717) is 32.8 Å². The molecule has 4 nitrogen and oxygen atoms in total. The van der Waals surface area contributed by atoms with E-state index in [9.17, 15) is 14.7 Å². The van der Waals surface area contributed by atoms with Gasteiger partial charge >= 0.3 is 5.97 Å². The number of H-pyrrole nitrogens is 1. The number of hydrogen-bond acceptors (Lipinski definition) is 3. The van der Waals surface area contributed by atoms with Crippen LogP contribution in [0.5, 0.6) is 0 Å². The number of carboxylic acid groups (broad SMARTS) is 1. The molecule has 6 heteroatoms. The molecule has 0 aromatic carbocycles. The highest BCUT2D eigenvalue weighted by Crippen LogP contribution is 2.21. The number of carbonyl (C=O) groups is 1. The second kappa shape index (κ2) is 5.43. The number of aromatic carboxylic acids is 1. The standard InChI is InChI=1S/C13H14ClNO3S/c1-3-19-12-8(13(17)18)11(16)7-5-4-6(2)9(14)10(7)15-12/h5-6,15H,3-4H2,1-2H3,(H,17,18). The number of nitrogens with one attached hydrogen (secondary N) is 1. The summed E-state index contributed by atoms with van der Waals surface area (Å²) in [5.74, 6) is -0.394. The first kappa shape index (κ1) is 14.2. The summed E-state index contributed by atoms with van der Waals surface area (Å²) in [6.45, 7) is 3.87. The molecule has 0 saturated carbocycles. The maximum Gasteiger partial charge on any atom is 0.342 e. The van der Waals surface area contributed by atoms with Gasteiger partial charge in [-0.05, 0) is 18.1 Å². The molecule has 0 saturated heterocycles. The van der Waals surface area contributed by atoms with E-state index in [1.165, 1.54) is 11.8 Å². The van der Waals surface area contributed by atoms with Crippen molar-refractivity contribution in [3.63, 3.8) is 0 Å². The van der Waals surface area contributed by atoms with Gasteiger partial charge in [0, 0.05) is 10.3 Å². The molecule has 1 unspecified atom stereocenters. The Morgan fingerprint density at radius 1 is 1.63 bits per heavy atom. The van der Waals surface area contributed by atoms with Crippen molar-refractivity contribution in [1.29, 1.82) is 0 Å². The Labute approximate surface area is 119 Å². The van der Waals surface area contributed by atoms with Crippen LogP contribution in [-0.4, -0.2) is 21.8 Å². The van der Waals surface area contributed by atoms with Crippen LogP contribution < -0.4 is 16.0 Å². The molecule has 0 aliphatic heterocycles. The molecule has 0 spiro atoms. The Hall–Kier alpha value is -1.20. The first-order valence-corrected chi connectivity index (χ1v) is 7.36. The van der Waals surface area contributed by atoms with Crippen molar-refractivity contribution >= 4 is 40.4 Å². The lowest BCUT2D eigenvalue weighted by Gasteiger charge is -2.14. The number of hydrogen-bond donors (Lipinski definition) is 2. The van der Waals surface area contributed by atoms with Crippen LogP contribution in [0.3, 0.4) is 0 Å². The van der Waals surface area contributed by atoms with Crippen LogP contribution in [0.2, 0.25) is 0 Å². The quantitative estimate of drug-likeness (QED) is 0.827. The monoisotopic (exact) mass is 299 g/mol. The van der Waals surface area contributed by atoms with Crippen LogP contribution in [0.4, 0.5) is 0 Å². The third kappa shape index (κ3) is 2.44. The molecular formula is C13H14ClNO3S. The number of rotatable bonds is 3. The van der Waals surface area contributed by atoms with Crippen LogP contribution >= 0.6 is 23.4 Å². The Balaban J connectivity index is 2.91. The van der Waals surface area contributed by atoms with Crippen LogP contribution in [0.15, 0.2) is 9.82 Å². The molecule has 0 bridgehead atoms. The number of aromatic nitrogens is 1. The SMILES string of the molecule is CCSc1[nH]c2c(c(=O)c1C(=O)O)=CCC(C)C=2Cl. The van der Waals surface area contributed by atoms with Crippen molar-refractivity contribution in [2.45, 2.75) is 25.3 Å². The fraction of sp³-hybridized carbons (Fsp3) is 0.385. The van der Waals surface area contributed by atoms with E-state index >= 15 is 0 Å². The fourth-order valence-corrected chi connectivity index (χ4v) is 3.09. The average molecular weight is 300 g/mol. The summed E-state index contributed by atoms with van der Waals surface area (Å²) in [4.78, 5) is 26.6. The maximum absolute atomic E-state index is 12.3. The Bertz CT molecular complexity index is 708. The molecule has 102 valence electrons. The van der Waals surface area contributed by atoms with Gasteiger partial charge in [-0.2, -0.15) is 0 Å². The van der Waals surface area contributed by atoms with Gasteiger partial charge < -0.3 is 10.1 Å². The Morgan fingerprint density at radius 3 is 2.89 bits per heavy atom. The molecule has 1 aromatic heterocycles. The van der Waals surface area contributed by atoms with Crippen molar-refractivity contribution in [1.82, 2.24) is 4.98 Å². The van der Waals surface area contributed by atoms with E-state index in [-0.39, 0.29) is 11.5 Å². The predicted molar refractivity (Wildman–Crippen MR) is 77.2 cm³/mol. The zero-order valence-corrected chi connectivity index (χ0v) is 12.2. The molecule has 0 fully saturated rings. The lowest BCUT2D eigenvalue weighted by Crippen LogP contribution is -2.47. The van der Waals surface area contributed by atoms with Gasteiger partial charge in [0.15, 0.2) is 0 Å². The molecular weight excluding hydrogens is 286 g/mol. The minimum atomic E-state index is -1.21. The largest absolute Gasteiger partial charge is 0.477 e. The van der Waals surface area contributed by atoms with Crippen LogP contribution in [0.25, 0.3) is 11.1 Å². The van der Waals surface area contributed by atoms with E-state index in [2.05, 4.69) is 4.98 Å². The van der Waals surface area contributed by atoms with E-state index in [1.54, 1.807) is 6.08 Å². The molecule has 1 aliphatic rings. The van der Waals surface area contributed by atoms with Crippen molar-refractivity contribution in [3.8, 4) is 0 Å². The van der Waals surface area contributed by atoms with Crippen LogP contribution in [0.1, 0.15) is 30.6 Å². The van der Waals surface area contributed by atoms with E-state index in [0.717, 1.165) is 0 Å². The maximum atomic E-state index is 12.3. The van der Waals surface area contributed by atoms with E-state index < -0.39 is 11.4 Å². The van der Waals surface area contributed by atoms with Gasteiger partial charge in [-0.15, -0.1) is 11.8 Å². The molecule has 1 aliphatic carbocycles. The van der Waals surface area contributed by atoms with Gasteiger partial charge in [-0.3, -0.25) is 4.79 Å². The normalized spacial score (nSPS) is 17.8. The number of fused-ring (bicyclic) bond motifs is 1. The topological polar surface area (TPSA) is 70.2 Å². The highest BCUT2D eigenvalue weighted by atomic mass is 35.5. The molecule has 0 radical (unpaired) electrons. The highest BCUT2D eigenvalue weighted by molar-refractivity contribution is 7.99. The molecule has 2 N–H and O–H groups in total. The van der Waals surface area contributed by atoms with E-state index in [1.807, 2.05) is 13.8 Å². The smallest absolute Gasteiger partial charge is 0.342 e. The van der Waals surface area contributed by atoms with Crippen molar-refractivity contribution in [2.75, 3.05) is 5.75 Å². The third-order valence-corrected chi connectivity index (χ3v) is 4.50. The number of halogens is 1. The number of pyridine rings is 1. The summed E-state index contributed by atoms with van der Waals surface area (Å²) >= 11 is 7.54. The molecule has 2 rings (SSSR count). The zero-order chi connectivity index (χ0) is 14.2. The second-order valence-corrected chi connectivity index (χ2v) is 6.06. The van der Waals surface area contributed by atoms with Crippen LogP contribution in [-0.2, 0) is 0 Å². The highest BCUT2D eigenvalue weighted by Gasteiger charge is 2.20. The first-order chi connectivity index (χ1) is 8.97. The van der Waals surface area contributed by atoms with Gasteiger partial charge in [0.2, 0.25) is 5.43 Å². The summed E-state index contributed by atoms with van der Waals surface area (Å²) in [6, 6.07) is 0. The van der Waals surface area contributed by atoms with Gasteiger partial charge in [-0.25, -0.2) is 4.79 Å². The van der Waals surface area contributed by atoms with E-state index in [4.69, 9.17) is 11.6 Å². The van der Waals surface area contributed by atoms with Gasteiger partial charge in [0.25, 0.3) is 0 Å². The van der Waals surface area contributed by atoms with Gasteiger partial charge in [-0.1, -0.05) is 31.5 Å². The zero-order valence-electron chi connectivity index (χ0n) is 10.6. The van der Waals surface area contributed by atoms with Crippen LogP contribution in [0, 0.1) is 5.92 Å². The molecule has 1 atom stereocenters. The predicted octanol–water partition coefficient (Wildman–Crippen LogP) is 1.35. The molecule has 19 heavy (non-hydrogen) atoms. The molecule has 0 amide bonds. The molecule has 1 aromatic rings. The van der Waals surface area contributed by atoms with Crippen molar-refractivity contribution < 1.29 is 9.90 Å². The fourth-order valence-electron chi connectivity index (χ4n) is 2.07. The summed E-state index contributed by atoms with van der Waals surface area (Å²) in [6.07, 6.45) is 2.41. The van der Waals surface area contributed by atoms with Gasteiger partial charge in [0.1, 0.15) is 5.56 Å². The molecule has 1 heterocycles. The lowest BCUT2D eigenvalue weighted by molar-refractivity contribution is 0.0690. The lowest BCUT2D eigenvalue weighted by atomic mass is 10.0. The van der Waals surface area contributed by atoms with Crippen molar-refractivity contribution in [2.24, 2.45) is 5.92 Å². The summed E-state index contributed by atoms with van der Waals surface area (Å²) in [7, 11) is 0. The number of carboxylic acids is 1. The average Bonchev–Trinajstić information content (AvgIpc) is 2.34. The number of thioether (sulfide) groups is 1. The summed E-state index contributed by atoms with van der Waals surface area (Å²) in [5, 5.41) is 11.1. The second-order valence-electron chi connectivity index (χ2n) is 4.37. The Kier molecular flexibility index (Phi) is 4.06. The summed E-state index contributed by atoms with van der Waals surface area (Å²) < 4.78 is 0.